The van der Waals surface area contributed by atoms with Crippen LogP contribution in [0.1, 0.15) is 17.3 Å². The van der Waals surface area contributed by atoms with Crippen LogP contribution in [0.15, 0.2) is 18.2 Å². The molecule has 0 aliphatic rings. The highest BCUT2D eigenvalue weighted by Gasteiger charge is 2.10. The van der Waals surface area contributed by atoms with Crippen LogP contribution in [0, 0.1) is 5.82 Å². The first-order valence-electron chi connectivity index (χ1n) is 4.80. The van der Waals surface area contributed by atoms with Gasteiger partial charge in [-0.25, -0.2) is 4.39 Å². The molecule has 5 heteroatoms. The third-order valence-corrected chi connectivity index (χ3v) is 2.28. The van der Waals surface area contributed by atoms with E-state index in [1.54, 1.807) is 0 Å². The van der Waals surface area contributed by atoms with E-state index in [2.05, 4.69) is 21.2 Å². The number of alkyl halides is 1. The third-order valence-electron chi connectivity index (χ3n) is 1.96. The van der Waals surface area contributed by atoms with Gasteiger partial charge in [0, 0.05) is 16.9 Å². The molecule has 16 heavy (non-hydrogen) atoms. The van der Waals surface area contributed by atoms with Gasteiger partial charge in [0.1, 0.15) is 0 Å². The molecule has 1 aromatic carbocycles. The second-order valence-electron chi connectivity index (χ2n) is 3.34. The SMILES string of the molecule is COc1ccc(C(=O)NCC(C)Br)cc1F. The van der Waals surface area contributed by atoms with Gasteiger partial charge in [-0.2, -0.15) is 0 Å². The Balaban J connectivity index is 2.73. The number of rotatable bonds is 4. The molecule has 0 heterocycles. The highest BCUT2D eigenvalue weighted by Crippen LogP contribution is 2.17. The van der Waals surface area contributed by atoms with E-state index in [0.29, 0.717) is 6.54 Å². The number of ether oxygens (including phenoxy) is 1. The standard InChI is InChI=1S/C11H13BrFNO2/c1-7(12)6-14-11(15)8-3-4-10(16-2)9(13)5-8/h3-5,7H,6H2,1-2H3,(H,14,15). The van der Waals surface area contributed by atoms with E-state index >= 15 is 0 Å². The van der Waals surface area contributed by atoms with Gasteiger partial charge in [-0.05, 0) is 18.2 Å². The van der Waals surface area contributed by atoms with Crippen molar-refractivity contribution in [1.82, 2.24) is 5.32 Å². The van der Waals surface area contributed by atoms with E-state index in [1.165, 1.54) is 19.2 Å². The molecule has 0 spiro atoms. The first kappa shape index (κ1) is 13.0. The molecule has 0 saturated heterocycles. The summed E-state index contributed by atoms with van der Waals surface area (Å²) in [5.41, 5.74) is 0.284. The van der Waals surface area contributed by atoms with Crippen LogP contribution in [0.5, 0.6) is 5.75 Å². The maximum Gasteiger partial charge on any atom is 0.251 e. The van der Waals surface area contributed by atoms with Crippen molar-refractivity contribution in [3.8, 4) is 5.75 Å². The molecule has 0 aliphatic carbocycles. The summed E-state index contributed by atoms with van der Waals surface area (Å²) in [6.07, 6.45) is 0. The topological polar surface area (TPSA) is 38.3 Å². The second kappa shape index (κ2) is 5.84. The van der Waals surface area contributed by atoms with Gasteiger partial charge < -0.3 is 10.1 Å². The number of hydrogen-bond donors (Lipinski definition) is 1. The number of carbonyl (C=O) groups is 1. The summed E-state index contributed by atoms with van der Waals surface area (Å²) in [5.74, 6) is -0.708. The van der Waals surface area contributed by atoms with Crippen LogP contribution in [-0.2, 0) is 0 Å². The number of halogens is 2. The second-order valence-corrected chi connectivity index (χ2v) is 4.90. The van der Waals surface area contributed by atoms with Gasteiger partial charge in [0.05, 0.1) is 7.11 Å². The minimum atomic E-state index is -0.540. The van der Waals surface area contributed by atoms with Crippen molar-refractivity contribution < 1.29 is 13.9 Å². The summed E-state index contributed by atoms with van der Waals surface area (Å²) in [6, 6.07) is 4.12. The van der Waals surface area contributed by atoms with Gasteiger partial charge in [-0.3, -0.25) is 4.79 Å². The highest BCUT2D eigenvalue weighted by molar-refractivity contribution is 9.09. The Bertz CT molecular complexity index is 382. The molecule has 0 saturated carbocycles. The van der Waals surface area contributed by atoms with E-state index in [0.717, 1.165) is 6.07 Å². The summed E-state index contributed by atoms with van der Waals surface area (Å²) in [5, 5.41) is 2.67. The monoisotopic (exact) mass is 289 g/mol. The number of carbonyl (C=O) groups excluding carboxylic acids is 1. The Morgan fingerprint density at radius 3 is 2.81 bits per heavy atom. The van der Waals surface area contributed by atoms with Crippen LogP contribution in [0.4, 0.5) is 4.39 Å². The highest BCUT2D eigenvalue weighted by atomic mass is 79.9. The fraction of sp³-hybridized carbons (Fsp3) is 0.364. The minimum absolute atomic E-state index is 0.130. The molecular weight excluding hydrogens is 277 g/mol. The normalized spacial score (nSPS) is 12.0. The fourth-order valence-electron chi connectivity index (χ4n) is 1.14. The van der Waals surface area contributed by atoms with E-state index in [4.69, 9.17) is 4.74 Å². The van der Waals surface area contributed by atoms with Crippen molar-refractivity contribution in [2.45, 2.75) is 11.8 Å². The molecule has 1 rings (SSSR count). The molecule has 1 amide bonds. The molecule has 0 bridgehead atoms. The van der Waals surface area contributed by atoms with Gasteiger partial charge in [0.2, 0.25) is 0 Å². The summed E-state index contributed by atoms with van der Waals surface area (Å²) in [6.45, 7) is 2.40. The predicted octanol–water partition coefficient (Wildman–Crippen LogP) is 2.35. The van der Waals surface area contributed by atoms with Gasteiger partial charge in [0.15, 0.2) is 11.6 Å². The molecule has 0 aliphatic heterocycles. The van der Waals surface area contributed by atoms with Crippen LogP contribution in [0.25, 0.3) is 0 Å². The minimum Gasteiger partial charge on any atom is -0.494 e. The van der Waals surface area contributed by atoms with Crippen LogP contribution in [-0.4, -0.2) is 24.4 Å². The number of methoxy groups -OCH3 is 1. The molecule has 3 nitrogen and oxygen atoms in total. The lowest BCUT2D eigenvalue weighted by atomic mass is 10.2. The van der Waals surface area contributed by atoms with Gasteiger partial charge in [-0.1, -0.05) is 22.9 Å². The first-order valence-corrected chi connectivity index (χ1v) is 5.72. The lowest BCUT2D eigenvalue weighted by Crippen LogP contribution is -2.28. The average Bonchev–Trinajstić information content (AvgIpc) is 2.25. The smallest absolute Gasteiger partial charge is 0.251 e. The molecule has 0 fully saturated rings. The van der Waals surface area contributed by atoms with Crippen LogP contribution in [0.3, 0.4) is 0 Å². The zero-order valence-electron chi connectivity index (χ0n) is 9.09. The lowest BCUT2D eigenvalue weighted by Gasteiger charge is -2.07. The number of hydrogen-bond acceptors (Lipinski definition) is 2. The molecule has 1 N–H and O–H groups in total. The Hall–Kier alpha value is -1.10. The maximum absolute atomic E-state index is 13.3. The van der Waals surface area contributed by atoms with Crippen molar-refractivity contribution in [3.63, 3.8) is 0 Å². The van der Waals surface area contributed by atoms with E-state index in [9.17, 15) is 9.18 Å². The average molecular weight is 290 g/mol. The van der Waals surface area contributed by atoms with Crippen molar-refractivity contribution in [2.75, 3.05) is 13.7 Å². The largest absolute Gasteiger partial charge is 0.494 e. The van der Waals surface area contributed by atoms with E-state index in [1.807, 2.05) is 6.92 Å². The fourth-order valence-corrected chi connectivity index (χ4v) is 1.30. The number of nitrogens with one attached hydrogen (secondary N) is 1. The summed E-state index contributed by atoms with van der Waals surface area (Å²) in [7, 11) is 1.38. The van der Waals surface area contributed by atoms with E-state index in [-0.39, 0.29) is 22.0 Å². The molecule has 1 aromatic rings. The Morgan fingerprint density at radius 2 is 2.31 bits per heavy atom. The summed E-state index contributed by atoms with van der Waals surface area (Å²) >= 11 is 3.30. The molecule has 0 aromatic heterocycles. The van der Waals surface area contributed by atoms with Crippen molar-refractivity contribution >= 4 is 21.8 Å². The first-order chi connectivity index (χ1) is 7.54. The van der Waals surface area contributed by atoms with Crippen LogP contribution >= 0.6 is 15.9 Å². The van der Waals surface area contributed by atoms with E-state index < -0.39 is 5.82 Å². The Labute approximate surface area is 102 Å². The summed E-state index contributed by atoms with van der Waals surface area (Å²) < 4.78 is 18.1. The zero-order valence-corrected chi connectivity index (χ0v) is 10.7. The molecule has 1 unspecified atom stereocenters. The van der Waals surface area contributed by atoms with Crippen molar-refractivity contribution in [1.29, 1.82) is 0 Å². The third kappa shape index (κ3) is 3.48. The quantitative estimate of drug-likeness (QED) is 0.864. The van der Waals surface area contributed by atoms with Gasteiger partial charge >= 0.3 is 0 Å². The Morgan fingerprint density at radius 1 is 1.62 bits per heavy atom. The zero-order chi connectivity index (χ0) is 12.1. The van der Waals surface area contributed by atoms with Crippen molar-refractivity contribution in [3.05, 3.63) is 29.6 Å². The van der Waals surface area contributed by atoms with Crippen LogP contribution < -0.4 is 10.1 Å². The summed E-state index contributed by atoms with van der Waals surface area (Å²) in [4.78, 5) is 11.7. The molecular formula is C11H13BrFNO2. The molecule has 0 radical (unpaired) electrons. The maximum atomic E-state index is 13.3. The number of amides is 1. The van der Waals surface area contributed by atoms with Gasteiger partial charge in [-0.15, -0.1) is 0 Å². The van der Waals surface area contributed by atoms with Gasteiger partial charge in [0.25, 0.3) is 5.91 Å². The lowest BCUT2D eigenvalue weighted by molar-refractivity contribution is 0.0954. The Kier molecular flexibility index (Phi) is 4.73. The molecule has 88 valence electrons. The molecule has 1 atom stereocenters. The predicted molar refractivity (Wildman–Crippen MR) is 63.7 cm³/mol. The number of benzene rings is 1. The van der Waals surface area contributed by atoms with Crippen molar-refractivity contribution in [2.24, 2.45) is 0 Å². The van der Waals surface area contributed by atoms with Crippen LogP contribution in [0.2, 0.25) is 0 Å².